The number of carbonyl (C=O) groups excluding carboxylic acids is 1. The summed E-state index contributed by atoms with van der Waals surface area (Å²) in [5.41, 5.74) is 0.479. The summed E-state index contributed by atoms with van der Waals surface area (Å²) in [4.78, 5) is 12.6. The van der Waals surface area contributed by atoms with E-state index >= 15 is 0 Å². The number of benzene rings is 1. The second kappa shape index (κ2) is 5.24. The third-order valence-corrected chi connectivity index (χ3v) is 4.69. The van der Waals surface area contributed by atoms with Gasteiger partial charge < -0.3 is 5.32 Å². The summed E-state index contributed by atoms with van der Waals surface area (Å²) in [6, 6.07) is 3.29. The summed E-state index contributed by atoms with van der Waals surface area (Å²) >= 11 is 0. The zero-order chi connectivity index (χ0) is 14.3. The van der Waals surface area contributed by atoms with E-state index in [4.69, 9.17) is 0 Å². The molecule has 4 heteroatoms. The third kappa shape index (κ3) is 2.37. The van der Waals surface area contributed by atoms with Crippen molar-refractivity contribution in [3.63, 3.8) is 0 Å². The number of halogens is 2. The molecule has 2 atom stereocenters. The molecule has 2 heterocycles. The van der Waals surface area contributed by atoms with Crippen molar-refractivity contribution >= 4 is 5.78 Å². The van der Waals surface area contributed by atoms with Crippen molar-refractivity contribution in [1.29, 1.82) is 0 Å². The van der Waals surface area contributed by atoms with Crippen LogP contribution in [-0.4, -0.2) is 17.9 Å². The average Bonchev–Trinajstić information content (AvgIpc) is 2.44. The van der Waals surface area contributed by atoms with E-state index in [2.05, 4.69) is 5.32 Å². The van der Waals surface area contributed by atoms with Gasteiger partial charge in [-0.2, -0.15) is 0 Å². The Morgan fingerprint density at radius 1 is 1.20 bits per heavy atom. The van der Waals surface area contributed by atoms with Crippen LogP contribution in [0.5, 0.6) is 0 Å². The van der Waals surface area contributed by atoms with E-state index in [0.717, 1.165) is 31.7 Å². The molecule has 3 rings (SSSR count). The van der Waals surface area contributed by atoms with Gasteiger partial charge in [0.05, 0.1) is 0 Å². The van der Waals surface area contributed by atoms with Crippen LogP contribution in [0.3, 0.4) is 0 Å². The van der Waals surface area contributed by atoms with Gasteiger partial charge in [0.25, 0.3) is 0 Å². The summed E-state index contributed by atoms with van der Waals surface area (Å²) in [6.07, 6.45) is 5.06. The molecule has 2 bridgehead atoms. The van der Waals surface area contributed by atoms with E-state index in [1.165, 1.54) is 19.4 Å². The maximum atomic E-state index is 13.6. The van der Waals surface area contributed by atoms with Crippen molar-refractivity contribution in [1.82, 2.24) is 5.32 Å². The number of piperidine rings is 2. The van der Waals surface area contributed by atoms with Crippen LogP contribution in [0.25, 0.3) is 0 Å². The van der Waals surface area contributed by atoms with Crippen LogP contribution in [0.1, 0.15) is 48.0 Å². The highest BCUT2D eigenvalue weighted by Gasteiger charge is 2.35. The smallest absolute Gasteiger partial charge is 0.166 e. The highest BCUT2D eigenvalue weighted by atomic mass is 19.2. The Hall–Kier alpha value is -1.29. The van der Waals surface area contributed by atoms with Gasteiger partial charge in [-0.05, 0) is 50.3 Å². The second-order valence-corrected chi connectivity index (χ2v) is 6.06. The Kier molecular flexibility index (Phi) is 3.59. The molecule has 0 radical (unpaired) electrons. The van der Waals surface area contributed by atoms with E-state index in [9.17, 15) is 13.6 Å². The lowest BCUT2D eigenvalue weighted by Gasteiger charge is -2.39. The van der Waals surface area contributed by atoms with Crippen molar-refractivity contribution in [3.8, 4) is 0 Å². The molecule has 2 fully saturated rings. The minimum absolute atomic E-state index is 0.0280. The van der Waals surface area contributed by atoms with Crippen LogP contribution in [0, 0.1) is 24.5 Å². The largest absolute Gasteiger partial charge is 0.311 e. The number of fused-ring (bicyclic) bond motifs is 2. The average molecular weight is 279 g/mol. The van der Waals surface area contributed by atoms with Gasteiger partial charge in [0.2, 0.25) is 0 Å². The number of hydrogen-bond acceptors (Lipinski definition) is 2. The molecule has 0 amide bonds. The number of nitrogens with one attached hydrogen (secondary N) is 1. The van der Waals surface area contributed by atoms with Gasteiger partial charge in [0, 0.05) is 23.6 Å². The zero-order valence-electron chi connectivity index (χ0n) is 11.6. The predicted octanol–water partition coefficient (Wildman–Crippen LogP) is 3.38. The summed E-state index contributed by atoms with van der Waals surface area (Å²) in [5.74, 6) is -1.87. The van der Waals surface area contributed by atoms with E-state index < -0.39 is 11.6 Å². The third-order valence-electron chi connectivity index (χ3n) is 4.69. The zero-order valence-corrected chi connectivity index (χ0v) is 11.6. The Morgan fingerprint density at radius 3 is 2.50 bits per heavy atom. The second-order valence-electron chi connectivity index (χ2n) is 6.06. The van der Waals surface area contributed by atoms with Crippen LogP contribution in [0.15, 0.2) is 12.1 Å². The Morgan fingerprint density at radius 2 is 1.85 bits per heavy atom. The summed E-state index contributed by atoms with van der Waals surface area (Å²) in [5, 5.41) is 3.54. The number of Topliss-reactive ketones (excluding diaryl/α,β-unsaturated/α-hetero) is 1. The molecule has 2 nitrogen and oxygen atoms in total. The molecule has 2 aliphatic heterocycles. The SMILES string of the molecule is Cc1c(C(=O)C2CC3CCCC(C2)N3)ccc(F)c1F. The lowest BCUT2D eigenvalue weighted by atomic mass is 9.77. The van der Waals surface area contributed by atoms with E-state index in [1.54, 1.807) is 0 Å². The van der Waals surface area contributed by atoms with Crippen molar-refractivity contribution in [2.45, 2.75) is 51.1 Å². The van der Waals surface area contributed by atoms with Crippen molar-refractivity contribution in [3.05, 3.63) is 34.9 Å². The lowest BCUT2D eigenvalue weighted by Crippen LogP contribution is -2.50. The standard InChI is InChI=1S/C16H19F2NO/c1-9-13(5-6-14(17)15(9)18)16(20)10-7-11-3-2-4-12(8-10)19-11/h5-6,10-12,19H,2-4,7-8H2,1H3. The summed E-state index contributed by atoms with van der Waals surface area (Å²) in [7, 11) is 0. The van der Waals surface area contributed by atoms with E-state index in [-0.39, 0.29) is 17.3 Å². The predicted molar refractivity (Wildman–Crippen MR) is 72.7 cm³/mol. The topological polar surface area (TPSA) is 29.1 Å². The molecule has 0 saturated carbocycles. The van der Waals surface area contributed by atoms with Crippen LogP contribution in [0.2, 0.25) is 0 Å². The summed E-state index contributed by atoms with van der Waals surface area (Å²) < 4.78 is 26.8. The Bertz CT molecular complexity index is 532. The fourth-order valence-corrected chi connectivity index (χ4v) is 3.62. The fourth-order valence-electron chi connectivity index (χ4n) is 3.62. The van der Waals surface area contributed by atoms with Crippen molar-refractivity contribution < 1.29 is 13.6 Å². The molecular formula is C16H19F2NO. The van der Waals surface area contributed by atoms with E-state index in [1.807, 2.05) is 0 Å². The molecule has 0 spiro atoms. The summed E-state index contributed by atoms with van der Waals surface area (Å²) in [6.45, 7) is 1.48. The number of carbonyl (C=O) groups is 1. The van der Waals surface area contributed by atoms with Gasteiger partial charge >= 0.3 is 0 Å². The van der Waals surface area contributed by atoms with Crippen molar-refractivity contribution in [2.24, 2.45) is 5.92 Å². The highest BCUT2D eigenvalue weighted by molar-refractivity contribution is 5.99. The van der Waals surface area contributed by atoms with Crippen molar-refractivity contribution in [2.75, 3.05) is 0 Å². The minimum Gasteiger partial charge on any atom is -0.311 e. The van der Waals surface area contributed by atoms with Gasteiger partial charge in [0.15, 0.2) is 17.4 Å². The van der Waals surface area contributed by atoms with Gasteiger partial charge in [-0.1, -0.05) is 6.42 Å². The number of rotatable bonds is 2. The monoisotopic (exact) mass is 279 g/mol. The number of ketones is 1. The molecule has 1 aromatic carbocycles. The first kappa shape index (κ1) is 13.7. The molecule has 20 heavy (non-hydrogen) atoms. The molecule has 0 aromatic heterocycles. The lowest BCUT2D eigenvalue weighted by molar-refractivity contribution is 0.0824. The molecule has 2 unspecified atom stereocenters. The molecule has 1 N–H and O–H groups in total. The Balaban J connectivity index is 1.84. The van der Waals surface area contributed by atoms with Gasteiger partial charge in [-0.15, -0.1) is 0 Å². The van der Waals surface area contributed by atoms with Crippen LogP contribution in [-0.2, 0) is 0 Å². The molecule has 108 valence electrons. The molecule has 2 aliphatic rings. The Labute approximate surface area is 117 Å². The minimum atomic E-state index is -0.898. The molecule has 2 saturated heterocycles. The number of hydrogen-bond donors (Lipinski definition) is 1. The molecule has 1 aromatic rings. The fraction of sp³-hybridized carbons (Fsp3) is 0.562. The van der Waals surface area contributed by atoms with Crippen LogP contribution >= 0.6 is 0 Å². The first-order valence-electron chi connectivity index (χ1n) is 7.31. The van der Waals surface area contributed by atoms with Gasteiger partial charge in [-0.3, -0.25) is 4.79 Å². The van der Waals surface area contributed by atoms with E-state index in [0.29, 0.717) is 17.6 Å². The maximum Gasteiger partial charge on any atom is 0.166 e. The highest BCUT2D eigenvalue weighted by Crippen LogP contribution is 2.32. The molecular weight excluding hydrogens is 260 g/mol. The quantitative estimate of drug-likeness (QED) is 0.841. The first-order chi connectivity index (χ1) is 9.56. The van der Waals surface area contributed by atoms with Crippen LogP contribution < -0.4 is 5.32 Å². The van der Waals surface area contributed by atoms with Crippen LogP contribution in [0.4, 0.5) is 8.78 Å². The van der Waals surface area contributed by atoms with Gasteiger partial charge in [0.1, 0.15) is 0 Å². The maximum absolute atomic E-state index is 13.6. The normalized spacial score (nSPS) is 29.2. The molecule has 0 aliphatic carbocycles. The first-order valence-corrected chi connectivity index (χ1v) is 7.31. The van der Waals surface area contributed by atoms with Gasteiger partial charge in [-0.25, -0.2) is 8.78 Å².